The highest BCUT2D eigenvalue weighted by atomic mass is 16.5. The van der Waals surface area contributed by atoms with Crippen molar-refractivity contribution in [2.24, 2.45) is 0 Å². The Morgan fingerprint density at radius 2 is 1.29 bits per heavy atom. The van der Waals surface area contributed by atoms with E-state index in [1.54, 1.807) is 54.6 Å². The number of ether oxygens (including phenoxy) is 4. The molecule has 2 amide bonds. The lowest BCUT2D eigenvalue weighted by Crippen LogP contribution is -2.21. The number of nitrogens with one attached hydrogen (secondary N) is 2. The monoisotopic (exact) mass is 478 g/mol. The quantitative estimate of drug-likeness (QED) is 0.420. The number of carbonyl (C=O) groups excluding carboxylic acids is 3. The molecule has 0 saturated heterocycles. The molecule has 0 aliphatic carbocycles. The molecule has 0 radical (unpaired) electrons. The molecule has 0 atom stereocenters. The van der Waals surface area contributed by atoms with Crippen LogP contribution in [-0.2, 0) is 4.79 Å². The molecule has 0 unspecified atom stereocenters. The molecule has 0 aromatic heterocycles. The van der Waals surface area contributed by atoms with E-state index < -0.39 is 5.91 Å². The maximum Gasteiger partial charge on any atom is 0.262 e. The average molecular weight is 479 g/mol. The van der Waals surface area contributed by atoms with Crippen molar-refractivity contribution in [2.75, 3.05) is 38.6 Å². The van der Waals surface area contributed by atoms with Crippen molar-refractivity contribution in [1.82, 2.24) is 0 Å². The Bertz CT molecular complexity index is 1230. The lowest BCUT2D eigenvalue weighted by atomic mass is 10.1. The molecular formula is C26H26N2O7. The highest BCUT2D eigenvalue weighted by Crippen LogP contribution is 2.37. The van der Waals surface area contributed by atoms with Gasteiger partial charge in [-0.15, -0.1) is 0 Å². The van der Waals surface area contributed by atoms with Gasteiger partial charge < -0.3 is 29.6 Å². The minimum Gasteiger partial charge on any atom is -0.494 e. The van der Waals surface area contributed by atoms with Crippen LogP contribution >= 0.6 is 0 Å². The number of amides is 2. The predicted octanol–water partition coefficient (Wildman–Crippen LogP) is 4.18. The lowest BCUT2D eigenvalue weighted by Gasteiger charge is -2.17. The number of carbonyl (C=O) groups is 3. The minimum absolute atomic E-state index is 0.114. The average Bonchev–Trinajstić information content (AvgIpc) is 2.88. The van der Waals surface area contributed by atoms with Crippen LogP contribution in [0.5, 0.6) is 23.0 Å². The second-order valence-electron chi connectivity index (χ2n) is 7.33. The fraction of sp³-hybridized carbons (Fsp3) is 0.192. The van der Waals surface area contributed by atoms with Gasteiger partial charge in [-0.1, -0.05) is 18.2 Å². The van der Waals surface area contributed by atoms with E-state index >= 15 is 0 Å². The third-order valence-electron chi connectivity index (χ3n) is 5.01. The van der Waals surface area contributed by atoms with Crippen LogP contribution in [0.3, 0.4) is 0 Å². The molecule has 0 aliphatic heterocycles. The summed E-state index contributed by atoms with van der Waals surface area (Å²) in [6.07, 6.45) is 0. The zero-order valence-electron chi connectivity index (χ0n) is 19.8. The fourth-order valence-electron chi connectivity index (χ4n) is 3.21. The predicted molar refractivity (Wildman–Crippen MR) is 131 cm³/mol. The van der Waals surface area contributed by atoms with Crippen LogP contribution in [0.4, 0.5) is 11.4 Å². The summed E-state index contributed by atoms with van der Waals surface area (Å²) >= 11 is 0. The molecular weight excluding hydrogens is 452 g/mol. The van der Waals surface area contributed by atoms with Gasteiger partial charge in [-0.3, -0.25) is 14.4 Å². The first-order valence-corrected chi connectivity index (χ1v) is 10.6. The summed E-state index contributed by atoms with van der Waals surface area (Å²) in [5.41, 5.74) is 1.65. The Labute approximate surface area is 203 Å². The van der Waals surface area contributed by atoms with Crippen LogP contribution in [0.25, 0.3) is 0 Å². The molecule has 2 N–H and O–H groups in total. The fourth-order valence-corrected chi connectivity index (χ4v) is 3.21. The first kappa shape index (κ1) is 25.1. The summed E-state index contributed by atoms with van der Waals surface area (Å²) in [6.45, 7) is 1.12. The summed E-state index contributed by atoms with van der Waals surface area (Å²) in [6, 6.07) is 16.5. The van der Waals surface area contributed by atoms with Crippen LogP contribution in [0.15, 0.2) is 60.7 Å². The number of benzene rings is 3. The molecule has 0 heterocycles. The molecule has 3 aromatic carbocycles. The van der Waals surface area contributed by atoms with E-state index in [1.807, 2.05) is 6.07 Å². The van der Waals surface area contributed by atoms with Gasteiger partial charge in [0.05, 0.1) is 32.7 Å². The van der Waals surface area contributed by atoms with Crippen molar-refractivity contribution in [3.05, 3.63) is 71.8 Å². The van der Waals surface area contributed by atoms with Crippen molar-refractivity contribution >= 4 is 29.0 Å². The summed E-state index contributed by atoms with van der Waals surface area (Å²) in [5.74, 6) is 0.389. The van der Waals surface area contributed by atoms with Gasteiger partial charge in [0, 0.05) is 23.3 Å². The third kappa shape index (κ3) is 6.29. The van der Waals surface area contributed by atoms with Crippen molar-refractivity contribution in [3.63, 3.8) is 0 Å². The highest BCUT2D eigenvalue weighted by Gasteiger charge is 2.17. The Morgan fingerprint density at radius 3 is 1.86 bits per heavy atom. The molecule has 182 valence electrons. The van der Waals surface area contributed by atoms with E-state index in [-0.39, 0.29) is 18.3 Å². The Balaban J connectivity index is 1.73. The summed E-state index contributed by atoms with van der Waals surface area (Å²) in [4.78, 5) is 36.7. The van der Waals surface area contributed by atoms with Gasteiger partial charge in [-0.25, -0.2) is 0 Å². The summed E-state index contributed by atoms with van der Waals surface area (Å²) < 4.78 is 21.6. The molecule has 9 nitrogen and oxygen atoms in total. The summed E-state index contributed by atoms with van der Waals surface area (Å²) in [5, 5.41) is 5.49. The van der Waals surface area contributed by atoms with Crippen molar-refractivity contribution in [2.45, 2.75) is 6.92 Å². The zero-order valence-corrected chi connectivity index (χ0v) is 19.8. The molecule has 0 bridgehead atoms. The Kier molecular flexibility index (Phi) is 8.29. The number of ketones is 1. The van der Waals surface area contributed by atoms with Gasteiger partial charge in [0.1, 0.15) is 11.5 Å². The number of anilines is 2. The van der Waals surface area contributed by atoms with Crippen LogP contribution in [0.2, 0.25) is 0 Å². The molecule has 35 heavy (non-hydrogen) atoms. The maximum absolute atomic E-state index is 12.6. The first-order chi connectivity index (χ1) is 16.9. The van der Waals surface area contributed by atoms with Crippen LogP contribution in [0, 0.1) is 0 Å². The number of hydrogen-bond donors (Lipinski definition) is 2. The topological polar surface area (TPSA) is 112 Å². The normalized spacial score (nSPS) is 10.2. The van der Waals surface area contributed by atoms with Gasteiger partial charge >= 0.3 is 0 Å². The molecule has 3 aromatic rings. The van der Waals surface area contributed by atoms with Gasteiger partial charge in [0.2, 0.25) is 0 Å². The molecule has 3 rings (SSSR count). The zero-order chi connectivity index (χ0) is 25.4. The van der Waals surface area contributed by atoms with Crippen LogP contribution < -0.4 is 29.6 Å². The minimum atomic E-state index is -0.468. The SMILES string of the molecule is COc1cc(NC(=O)c2ccccc2)c(OC)cc1NC(=O)COc1ccc(C(C)=O)cc1OC. The highest BCUT2D eigenvalue weighted by molar-refractivity contribution is 6.05. The standard InChI is InChI=1S/C26H26N2O7/c1-16(29)18-10-11-21(24(12-18)34-4)35-15-25(30)27-19-13-23(33-3)20(14-22(19)32-2)28-26(31)17-8-6-5-7-9-17/h5-14H,15H2,1-4H3,(H,27,30)(H,28,31). The van der Waals surface area contributed by atoms with E-state index in [9.17, 15) is 14.4 Å². The van der Waals surface area contributed by atoms with Gasteiger partial charge in [-0.05, 0) is 37.3 Å². The van der Waals surface area contributed by atoms with E-state index in [4.69, 9.17) is 18.9 Å². The molecule has 0 spiro atoms. The second kappa shape index (κ2) is 11.6. The maximum atomic E-state index is 12.6. The second-order valence-corrected chi connectivity index (χ2v) is 7.33. The third-order valence-corrected chi connectivity index (χ3v) is 5.01. The number of hydrogen-bond acceptors (Lipinski definition) is 7. The van der Waals surface area contributed by atoms with Crippen molar-refractivity contribution < 1.29 is 33.3 Å². The van der Waals surface area contributed by atoms with Crippen LogP contribution in [-0.4, -0.2) is 45.5 Å². The van der Waals surface area contributed by atoms with Crippen molar-refractivity contribution in [3.8, 4) is 23.0 Å². The lowest BCUT2D eigenvalue weighted by molar-refractivity contribution is -0.118. The molecule has 9 heteroatoms. The van der Waals surface area contributed by atoms with E-state index in [0.29, 0.717) is 45.5 Å². The van der Waals surface area contributed by atoms with E-state index in [2.05, 4.69) is 10.6 Å². The smallest absolute Gasteiger partial charge is 0.262 e. The molecule has 0 fully saturated rings. The van der Waals surface area contributed by atoms with Crippen LogP contribution in [0.1, 0.15) is 27.6 Å². The molecule has 0 aliphatic rings. The number of Topliss-reactive ketones (excluding diaryl/α,β-unsaturated/α-hetero) is 1. The van der Waals surface area contributed by atoms with E-state index in [1.165, 1.54) is 28.3 Å². The molecule has 0 saturated carbocycles. The van der Waals surface area contributed by atoms with Gasteiger partial charge in [0.25, 0.3) is 11.8 Å². The Hall–Kier alpha value is -4.53. The number of rotatable bonds is 10. The van der Waals surface area contributed by atoms with Gasteiger partial charge in [-0.2, -0.15) is 0 Å². The van der Waals surface area contributed by atoms with Gasteiger partial charge in [0.15, 0.2) is 23.9 Å². The van der Waals surface area contributed by atoms with E-state index in [0.717, 1.165) is 0 Å². The number of methoxy groups -OCH3 is 3. The largest absolute Gasteiger partial charge is 0.494 e. The summed E-state index contributed by atoms with van der Waals surface area (Å²) in [7, 11) is 4.34. The van der Waals surface area contributed by atoms with Crippen molar-refractivity contribution in [1.29, 1.82) is 0 Å². The Morgan fingerprint density at radius 1 is 0.686 bits per heavy atom. The first-order valence-electron chi connectivity index (χ1n) is 10.6.